The van der Waals surface area contributed by atoms with Crippen molar-refractivity contribution in [1.29, 1.82) is 0 Å². The van der Waals surface area contributed by atoms with Crippen molar-refractivity contribution in [2.75, 3.05) is 13.2 Å². The molecule has 13 heavy (non-hydrogen) atoms. The maximum Gasteiger partial charge on any atom is 0.123 e. The number of carbonyl (C=O) groups is 1. The van der Waals surface area contributed by atoms with E-state index in [1.807, 2.05) is 0 Å². The van der Waals surface area contributed by atoms with Gasteiger partial charge in [0.1, 0.15) is 6.29 Å². The molecule has 2 fully saturated rings. The molecular formula is C11H18O2. The Labute approximate surface area is 79.7 Å². The molecule has 0 aromatic heterocycles. The fourth-order valence-corrected chi connectivity index (χ4v) is 2.59. The van der Waals surface area contributed by atoms with Crippen LogP contribution in [0.4, 0.5) is 0 Å². The second-order valence-corrected chi connectivity index (χ2v) is 4.51. The fourth-order valence-electron chi connectivity index (χ4n) is 2.59. The van der Waals surface area contributed by atoms with Crippen LogP contribution in [-0.2, 0) is 9.53 Å². The van der Waals surface area contributed by atoms with Gasteiger partial charge in [-0.2, -0.15) is 0 Å². The summed E-state index contributed by atoms with van der Waals surface area (Å²) in [4.78, 5) is 10.5. The third-order valence-corrected chi connectivity index (χ3v) is 3.75. The highest BCUT2D eigenvalue weighted by atomic mass is 16.5. The number of hydrogen-bond donors (Lipinski definition) is 0. The van der Waals surface area contributed by atoms with Crippen LogP contribution in [0.3, 0.4) is 0 Å². The maximum absolute atomic E-state index is 10.5. The van der Waals surface area contributed by atoms with E-state index in [1.165, 1.54) is 12.8 Å². The molecular weight excluding hydrogens is 164 g/mol. The van der Waals surface area contributed by atoms with Crippen LogP contribution in [0.15, 0.2) is 0 Å². The molecule has 2 heteroatoms. The summed E-state index contributed by atoms with van der Waals surface area (Å²) in [6.07, 6.45) is 4.68. The molecule has 0 unspecified atom stereocenters. The molecule has 74 valence electrons. The van der Waals surface area contributed by atoms with Crippen molar-refractivity contribution in [3.63, 3.8) is 0 Å². The van der Waals surface area contributed by atoms with Crippen LogP contribution in [-0.4, -0.2) is 19.5 Å². The summed E-state index contributed by atoms with van der Waals surface area (Å²) in [7, 11) is 0. The molecule has 2 rings (SSSR count). The van der Waals surface area contributed by atoms with E-state index in [0.29, 0.717) is 11.8 Å². The monoisotopic (exact) mass is 182 g/mol. The smallest absolute Gasteiger partial charge is 0.123 e. The van der Waals surface area contributed by atoms with Crippen LogP contribution < -0.4 is 0 Å². The molecule has 0 aromatic carbocycles. The lowest BCUT2D eigenvalue weighted by Gasteiger charge is -2.27. The van der Waals surface area contributed by atoms with Crippen LogP contribution in [0.1, 0.15) is 26.2 Å². The van der Waals surface area contributed by atoms with Gasteiger partial charge < -0.3 is 9.53 Å². The van der Waals surface area contributed by atoms with Crippen molar-refractivity contribution in [3.8, 4) is 0 Å². The molecule has 1 saturated carbocycles. The minimum absolute atomic E-state index is 0.387. The Bertz CT molecular complexity index is 185. The van der Waals surface area contributed by atoms with Crippen molar-refractivity contribution in [2.24, 2.45) is 23.7 Å². The van der Waals surface area contributed by atoms with Crippen LogP contribution in [0.2, 0.25) is 0 Å². The number of hydrogen-bond acceptors (Lipinski definition) is 2. The predicted molar refractivity (Wildman–Crippen MR) is 50.4 cm³/mol. The molecule has 1 saturated heterocycles. The van der Waals surface area contributed by atoms with E-state index in [4.69, 9.17) is 4.74 Å². The molecule has 1 heterocycles. The van der Waals surface area contributed by atoms with Crippen LogP contribution in [0, 0.1) is 23.7 Å². The van der Waals surface area contributed by atoms with Crippen molar-refractivity contribution >= 4 is 6.29 Å². The zero-order chi connectivity index (χ0) is 9.26. The van der Waals surface area contributed by atoms with Gasteiger partial charge in [0.2, 0.25) is 0 Å². The molecule has 0 bridgehead atoms. The van der Waals surface area contributed by atoms with E-state index in [-0.39, 0.29) is 0 Å². The third kappa shape index (κ3) is 1.93. The Morgan fingerprint density at radius 2 is 2.08 bits per heavy atom. The van der Waals surface area contributed by atoms with Crippen LogP contribution >= 0.6 is 0 Å². The van der Waals surface area contributed by atoms with Gasteiger partial charge >= 0.3 is 0 Å². The Morgan fingerprint density at radius 1 is 1.38 bits per heavy atom. The third-order valence-electron chi connectivity index (χ3n) is 3.75. The second-order valence-electron chi connectivity index (χ2n) is 4.51. The quantitative estimate of drug-likeness (QED) is 0.623. The zero-order valence-electron chi connectivity index (χ0n) is 8.24. The van der Waals surface area contributed by atoms with E-state index in [1.54, 1.807) is 0 Å². The molecule has 1 aliphatic carbocycles. The summed E-state index contributed by atoms with van der Waals surface area (Å²) in [6, 6.07) is 0. The SMILES string of the molecule is C[C@H](C1CCOCC1)[C@@H]1C[C@@H]1C=O. The molecule has 0 N–H and O–H groups in total. The number of rotatable bonds is 3. The molecule has 2 aliphatic rings. The van der Waals surface area contributed by atoms with E-state index < -0.39 is 0 Å². The van der Waals surface area contributed by atoms with Crippen molar-refractivity contribution in [3.05, 3.63) is 0 Å². The Balaban J connectivity index is 1.82. The first kappa shape index (κ1) is 9.20. The Hall–Kier alpha value is -0.370. The van der Waals surface area contributed by atoms with Crippen LogP contribution in [0.25, 0.3) is 0 Å². The van der Waals surface area contributed by atoms with Gasteiger partial charge in [-0.15, -0.1) is 0 Å². The van der Waals surface area contributed by atoms with Gasteiger partial charge in [-0.1, -0.05) is 6.92 Å². The summed E-state index contributed by atoms with van der Waals surface area (Å²) >= 11 is 0. The second kappa shape index (κ2) is 3.79. The first-order valence-electron chi connectivity index (χ1n) is 5.36. The lowest BCUT2D eigenvalue weighted by molar-refractivity contribution is -0.109. The molecule has 0 amide bonds. The van der Waals surface area contributed by atoms with E-state index in [0.717, 1.165) is 37.8 Å². The first-order valence-corrected chi connectivity index (χ1v) is 5.36. The van der Waals surface area contributed by atoms with Gasteiger partial charge in [-0.05, 0) is 37.0 Å². The fraction of sp³-hybridized carbons (Fsp3) is 0.909. The van der Waals surface area contributed by atoms with Crippen molar-refractivity contribution < 1.29 is 9.53 Å². The highest BCUT2D eigenvalue weighted by molar-refractivity contribution is 5.58. The van der Waals surface area contributed by atoms with Gasteiger partial charge in [0.05, 0.1) is 0 Å². The Kier molecular flexibility index (Phi) is 2.68. The molecule has 0 aromatic rings. The van der Waals surface area contributed by atoms with Crippen molar-refractivity contribution in [2.45, 2.75) is 26.2 Å². The molecule has 0 spiro atoms. The summed E-state index contributed by atoms with van der Waals surface area (Å²) < 4.78 is 5.33. The zero-order valence-corrected chi connectivity index (χ0v) is 8.24. The number of ether oxygens (including phenoxy) is 1. The summed E-state index contributed by atoms with van der Waals surface area (Å²) in [5.74, 6) is 2.63. The molecule has 0 radical (unpaired) electrons. The topological polar surface area (TPSA) is 26.3 Å². The van der Waals surface area contributed by atoms with Gasteiger partial charge in [-0.3, -0.25) is 0 Å². The lowest BCUT2D eigenvalue weighted by Crippen LogP contribution is -2.23. The minimum Gasteiger partial charge on any atom is -0.381 e. The Morgan fingerprint density at radius 3 is 2.62 bits per heavy atom. The normalized spacial score (nSPS) is 37.0. The van der Waals surface area contributed by atoms with Gasteiger partial charge in [-0.25, -0.2) is 0 Å². The van der Waals surface area contributed by atoms with Gasteiger partial charge in [0.25, 0.3) is 0 Å². The number of aldehydes is 1. The largest absolute Gasteiger partial charge is 0.381 e. The molecule has 1 aliphatic heterocycles. The van der Waals surface area contributed by atoms with E-state index in [2.05, 4.69) is 6.92 Å². The van der Waals surface area contributed by atoms with Crippen molar-refractivity contribution in [1.82, 2.24) is 0 Å². The lowest BCUT2D eigenvalue weighted by atomic mass is 9.83. The molecule has 3 atom stereocenters. The van der Waals surface area contributed by atoms with Gasteiger partial charge in [0.15, 0.2) is 0 Å². The summed E-state index contributed by atoms with van der Waals surface area (Å²) in [5, 5.41) is 0. The van der Waals surface area contributed by atoms with E-state index >= 15 is 0 Å². The van der Waals surface area contributed by atoms with Crippen LogP contribution in [0.5, 0.6) is 0 Å². The summed E-state index contributed by atoms with van der Waals surface area (Å²) in [6.45, 7) is 4.16. The highest BCUT2D eigenvalue weighted by Crippen LogP contribution is 2.47. The summed E-state index contributed by atoms with van der Waals surface area (Å²) in [5.41, 5.74) is 0. The average molecular weight is 182 g/mol. The maximum atomic E-state index is 10.5. The van der Waals surface area contributed by atoms with Gasteiger partial charge in [0, 0.05) is 19.1 Å². The average Bonchev–Trinajstić information content (AvgIpc) is 2.97. The molecule has 2 nitrogen and oxygen atoms in total. The first-order chi connectivity index (χ1) is 6.33. The minimum atomic E-state index is 0.387. The number of carbonyl (C=O) groups excluding carboxylic acids is 1. The van der Waals surface area contributed by atoms with E-state index in [9.17, 15) is 4.79 Å². The standard InChI is InChI=1S/C11H18O2/c1-8(11-6-10(11)7-12)9-2-4-13-5-3-9/h7-11H,2-6H2,1H3/t8-,10-,11+/m1/s1. The predicted octanol–water partition coefficient (Wildman–Crippen LogP) is 1.88. The highest BCUT2D eigenvalue weighted by Gasteiger charge is 2.43.